The lowest BCUT2D eigenvalue weighted by Gasteiger charge is -2.12. The van der Waals surface area contributed by atoms with Crippen molar-refractivity contribution in [3.05, 3.63) is 90.9 Å². The summed E-state index contributed by atoms with van der Waals surface area (Å²) < 4.78 is 14.6. The van der Waals surface area contributed by atoms with Crippen molar-refractivity contribution in [1.82, 2.24) is 4.98 Å². The topological polar surface area (TPSA) is 12.9 Å². The van der Waals surface area contributed by atoms with Crippen LogP contribution in [0.25, 0.3) is 43.6 Å². The standard InChI is InChI=1S/C23H14FN/c24-23-19-13-7-5-11-17(19)21-14-20(15-8-2-1-3-9-15)16-10-4-6-12-18(16)22(21)25-23/h1-14H. The van der Waals surface area contributed by atoms with Crippen molar-refractivity contribution in [2.45, 2.75) is 0 Å². The van der Waals surface area contributed by atoms with Crippen LogP contribution in [-0.2, 0) is 0 Å². The van der Waals surface area contributed by atoms with Crippen molar-refractivity contribution >= 4 is 32.4 Å². The zero-order valence-corrected chi connectivity index (χ0v) is 13.4. The van der Waals surface area contributed by atoms with Gasteiger partial charge in [0.1, 0.15) is 0 Å². The molecule has 5 aromatic rings. The predicted molar refractivity (Wildman–Crippen MR) is 102 cm³/mol. The van der Waals surface area contributed by atoms with Crippen molar-refractivity contribution in [3.8, 4) is 11.1 Å². The molecule has 0 saturated carbocycles. The van der Waals surface area contributed by atoms with E-state index in [0.717, 1.165) is 32.7 Å². The van der Waals surface area contributed by atoms with E-state index in [4.69, 9.17) is 0 Å². The molecular weight excluding hydrogens is 309 g/mol. The highest BCUT2D eigenvalue weighted by atomic mass is 19.1. The summed E-state index contributed by atoms with van der Waals surface area (Å²) in [5.74, 6) is -0.416. The second-order valence-corrected chi connectivity index (χ2v) is 6.18. The van der Waals surface area contributed by atoms with E-state index in [9.17, 15) is 4.39 Å². The molecule has 0 amide bonds. The summed E-state index contributed by atoms with van der Waals surface area (Å²) in [6.07, 6.45) is 0. The number of halogens is 1. The molecule has 1 heterocycles. The molecule has 5 rings (SSSR count). The Balaban J connectivity index is 2.04. The van der Waals surface area contributed by atoms with Crippen LogP contribution in [0, 0.1) is 5.95 Å². The number of pyridine rings is 1. The van der Waals surface area contributed by atoms with Crippen LogP contribution in [0.1, 0.15) is 0 Å². The van der Waals surface area contributed by atoms with Crippen LogP contribution in [0.2, 0.25) is 0 Å². The maximum Gasteiger partial charge on any atom is 0.221 e. The number of aromatic nitrogens is 1. The molecule has 0 atom stereocenters. The third-order valence-corrected chi connectivity index (χ3v) is 4.75. The number of nitrogens with zero attached hydrogens (tertiary/aromatic N) is 1. The highest BCUT2D eigenvalue weighted by molar-refractivity contribution is 6.19. The lowest BCUT2D eigenvalue weighted by molar-refractivity contribution is 0.602. The molecule has 0 spiro atoms. The number of rotatable bonds is 1. The molecule has 2 heteroatoms. The molecule has 0 bridgehead atoms. The SMILES string of the molecule is Fc1nc2c3ccccc3c(-c3ccccc3)cc2c2ccccc12. The number of benzene rings is 4. The van der Waals surface area contributed by atoms with Crippen LogP contribution >= 0.6 is 0 Å². The van der Waals surface area contributed by atoms with Gasteiger partial charge in [0.2, 0.25) is 5.95 Å². The highest BCUT2D eigenvalue weighted by Gasteiger charge is 2.13. The maximum atomic E-state index is 14.6. The van der Waals surface area contributed by atoms with Gasteiger partial charge in [0.15, 0.2) is 0 Å². The van der Waals surface area contributed by atoms with Crippen molar-refractivity contribution in [2.75, 3.05) is 0 Å². The summed E-state index contributed by atoms with van der Waals surface area (Å²) in [5, 5.41) is 4.50. The first-order valence-corrected chi connectivity index (χ1v) is 8.28. The Hall–Kier alpha value is -3.26. The molecule has 118 valence electrons. The second-order valence-electron chi connectivity index (χ2n) is 6.18. The van der Waals surface area contributed by atoms with Crippen LogP contribution in [0.4, 0.5) is 4.39 Å². The average molecular weight is 323 g/mol. The lowest BCUT2D eigenvalue weighted by Crippen LogP contribution is -1.92. The van der Waals surface area contributed by atoms with E-state index in [1.54, 1.807) is 6.07 Å². The molecule has 0 unspecified atom stereocenters. The molecule has 0 N–H and O–H groups in total. The van der Waals surface area contributed by atoms with Gasteiger partial charge in [0.05, 0.1) is 5.52 Å². The number of hydrogen-bond acceptors (Lipinski definition) is 1. The van der Waals surface area contributed by atoms with Gasteiger partial charge in [-0.05, 0) is 34.0 Å². The van der Waals surface area contributed by atoms with Crippen LogP contribution in [0.5, 0.6) is 0 Å². The monoisotopic (exact) mass is 323 g/mol. The van der Waals surface area contributed by atoms with Gasteiger partial charge in [0.25, 0.3) is 0 Å². The fraction of sp³-hybridized carbons (Fsp3) is 0. The lowest BCUT2D eigenvalue weighted by atomic mass is 9.93. The normalized spacial score (nSPS) is 11.4. The molecule has 1 nitrogen and oxygen atoms in total. The van der Waals surface area contributed by atoms with Crippen LogP contribution < -0.4 is 0 Å². The van der Waals surface area contributed by atoms with E-state index in [-0.39, 0.29) is 0 Å². The van der Waals surface area contributed by atoms with Crippen LogP contribution in [0.3, 0.4) is 0 Å². The first-order valence-electron chi connectivity index (χ1n) is 8.28. The van der Waals surface area contributed by atoms with E-state index in [2.05, 4.69) is 29.2 Å². The van der Waals surface area contributed by atoms with Gasteiger partial charge in [0, 0.05) is 16.2 Å². The summed E-state index contributed by atoms with van der Waals surface area (Å²) >= 11 is 0. The maximum absolute atomic E-state index is 14.6. The van der Waals surface area contributed by atoms with E-state index >= 15 is 0 Å². The van der Waals surface area contributed by atoms with Crippen LogP contribution in [0.15, 0.2) is 84.9 Å². The molecule has 1 aromatic heterocycles. The molecule has 4 aromatic carbocycles. The van der Waals surface area contributed by atoms with Gasteiger partial charge in [-0.2, -0.15) is 4.39 Å². The largest absolute Gasteiger partial charge is 0.221 e. The van der Waals surface area contributed by atoms with Crippen molar-refractivity contribution in [1.29, 1.82) is 0 Å². The zero-order chi connectivity index (χ0) is 16.8. The van der Waals surface area contributed by atoms with Gasteiger partial charge < -0.3 is 0 Å². The van der Waals surface area contributed by atoms with E-state index in [1.165, 1.54) is 0 Å². The average Bonchev–Trinajstić information content (AvgIpc) is 2.69. The van der Waals surface area contributed by atoms with Gasteiger partial charge in [-0.1, -0.05) is 72.8 Å². The fourth-order valence-electron chi connectivity index (χ4n) is 3.60. The Morgan fingerprint density at radius 1 is 0.560 bits per heavy atom. The van der Waals surface area contributed by atoms with E-state index in [1.807, 2.05) is 54.6 Å². The first kappa shape index (κ1) is 14.1. The summed E-state index contributed by atoms with van der Waals surface area (Å²) in [7, 11) is 0. The third-order valence-electron chi connectivity index (χ3n) is 4.75. The smallest absolute Gasteiger partial charge is 0.218 e. The molecule has 0 saturated heterocycles. The molecule has 0 aliphatic rings. The molecule has 0 aliphatic heterocycles. The Labute approximate surface area is 144 Å². The zero-order valence-electron chi connectivity index (χ0n) is 13.4. The number of hydrogen-bond donors (Lipinski definition) is 0. The summed E-state index contributed by atoms with van der Waals surface area (Å²) in [4.78, 5) is 4.30. The second kappa shape index (κ2) is 5.38. The summed E-state index contributed by atoms with van der Waals surface area (Å²) in [6.45, 7) is 0. The minimum atomic E-state index is -0.416. The van der Waals surface area contributed by atoms with Crippen molar-refractivity contribution in [3.63, 3.8) is 0 Å². The molecule has 0 radical (unpaired) electrons. The minimum absolute atomic E-state index is 0.416. The van der Waals surface area contributed by atoms with Gasteiger partial charge in [-0.15, -0.1) is 0 Å². The fourth-order valence-corrected chi connectivity index (χ4v) is 3.60. The van der Waals surface area contributed by atoms with E-state index < -0.39 is 5.95 Å². The summed E-state index contributed by atoms with van der Waals surface area (Å²) in [5.41, 5.74) is 3.00. The number of fused-ring (bicyclic) bond motifs is 5. The van der Waals surface area contributed by atoms with Crippen molar-refractivity contribution < 1.29 is 4.39 Å². The van der Waals surface area contributed by atoms with Gasteiger partial charge >= 0.3 is 0 Å². The minimum Gasteiger partial charge on any atom is -0.218 e. The van der Waals surface area contributed by atoms with E-state index in [0.29, 0.717) is 10.9 Å². The Kier molecular flexibility index (Phi) is 3.04. The molecule has 25 heavy (non-hydrogen) atoms. The molecular formula is C23H14FN. The van der Waals surface area contributed by atoms with Crippen LogP contribution in [-0.4, -0.2) is 4.98 Å². The third kappa shape index (κ3) is 2.11. The first-order chi connectivity index (χ1) is 12.3. The molecule has 0 fully saturated rings. The highest BCUT2D eigenvalue weighted by Crippen LogP contribution is 2.37. The Bertz CT molecular complexity index is 1240. The quantitative estimate of drug-likeness (QED) is 0.259. The van der Waals surface area contributed by atoms with Gasteiger partial charge in [-0.25, -0.2) is 4.98 Å². The molecule has 0 aliphatic carbocycles. The van der Waals surface area contributed by atoms with Gasteiger partial charge in [-0.3, -0.25) is 0 Å². The Morgan fingerprint density at radius 3 is 1.92 bits per heavy atom. The predicted octanol–water partition coefficient (Wildman–Crippen LogP) is 6.35. The summed E-state index contributed by atoms with van der Waals surface area (Å²) in [6, 6.07) is 28.1. The Morgan fingerprint density at radius 2 is 1.16 bits per heavy atom. The van der Waals surface area contributed by atoms with Crippen molar-refractivity contribution in [2.24, 2.45) is 0 Å².